The number of alkyl halides is 6. The Hall–Kier alpha value is -2.58. The second-order valence-corrected chi connectivity index (χ2v) is 8.66. The molecule has 0 amide bonds. The Kier molecular flexibility index (Phi) is 6.08. The van der Waals surface area contributed by atoms with Gasteiger partial charge in [-0.15, -0.1) is 0 Å². The minimum Gasteiger partial charge on any atom is -0.456 e. The van der Waals surface area contributed by atoms with Gasteiger partial charge in [-0.25, -0.2) is 13.4 Å². The van der Waals surface area contributed by atoms with Crippen LogP contribution in [-0.2, 0) is 22.4 Å². The van der Waals surface area contributed by atoms with Gasteiger partial charge < -0.3 is 4.74 Å². The number of nitrogens with one attached hydrogen (secondary N) is 1. The molecule has 15 heteroatoms. The summed E-state index contributed by atoms with van der Waals surface area (Å²) in [7, 11) is -4.13. The lowest BCUT2D eigenvalue weighted by atomic mass is 10.1. The molecule has 31 heavy (non-hydrogen) atoms. The average molecular weight is 504 g/mol. The van der Waals surface area contributed by atoms with Crippen LogP contribution in [-0.4, -0.2) is 17.8 Å². The molecule has 1 heterocycles. The van der Waals surface area contributed by atoms with Gasteiger partial charge in [0.15, 0.2) is 0 Å². The maximum Gasteiger partial charge on any atom is 0.416 e. The van der Waals surface area contributed by atoms with Crippen LogP contribution in [0.5, 0.6) is 11.5 Å². The number of anilines is 1. The van der Waals surface area contributed by atoms with Gasteiger partial charge in [0.25, 0.3) is 10.0 Å². The van der Waals surface area contributed by atoms with Crippen LogP contribution < -0.4 is 9.46 Å². The summed E-state index contributed by atoms with van der Waals surface area (Å²) < 4.78 is 113. The molecule has 166 valence electrons. The van der Waals surface area contributed by atoms with E-state index >= 15 is 0 Å². The number of halogens is 7. The molecule has 0 atom stereocenters. The van der Waals surface area contributed by atoms with E-state index in [1.54, 1.807) is 0 Å². The molecule has 1 N–H and O–H groups in total. The van der Waals surface area contributed by atoms with Gasteiger partial charge in [-0.1, -0.05) is 11.6 Å². The molecule has 0 radical (unpaired) electrons. The van der Waals surface area contributed by atoms with Crippen LogP contribution in [0.2, 0.25) is 5.02 Å². The van der Waals surface area contributed by atoms with E-state index in [2.05, 4.69) is 14.1 Å². The van der Waals surface area contributed by atoms with Crippen molar-refractivity contribution >= 4 is 38.3 Å². The van der Waals surface area contributed by atoms with E-state index in [1.165, 1.54) is 0 Å². The quantitative estimate of drug-likeness (QED) is 0.444. The fourth-order valence-corrected chi connectivity index (χ4v) is 4.21. The van der Waals surface area contributed by atoms with Gasteiger partial charge in [-0.05, 0) is 36.4 Å². The van der Waals surface area contributed by atoms with Crippen LogP contribution in [0.1, 0.15) is 11.1 Å². The molecule has 0 aliphatic carbocycles. The molecule has 0 saturated carbocycles. The molecule has 0 fully saturated rings. The van der Waals surface area contributed by atoms with Crippen LogP contribution in [0.4, 0.5) is 31.5 Å². The number of sulfonamides is 1. The summed E-state index contributed by atoms with van der Waals surface area (Å²) in [6.45, 7) is 0. The molecule has 3 rings (SSSR count). The zero-order valence-corrected chi connectivity index (χ0v) is 17.0. The molecule has 6 nitrogen and oxygen atoms in total. The van der Waals surface area contributed by atoms with E-state index in [1.807, 2.05) is 0 Å². The van der Waals surface area contributed by atoms with Gasteiger partial charge in [-0.2, -0.15) is 30.7 Å². The van der Waals surface area contributed by atoms with Crippen LogP contribution in [0.25, 0.3) is 0 Å². The van der Waals surface area contributed by atoms with E-state index in [9.17, 15) is 34.8 Å². The zero-order chi connectivity index (χ0) is 23.0. The van der Waals surface area contributed by atoms with Crippen LogP contribution in [0, 0.1) is 0 Å². The molecule has 3 aromatic rings. The summed E-state index contributed by atoms with van der Waals surface area (Å²) in [6.07, 6.45) is -8.99. The van der Waals surface area contributed by atoms with E-state index in [-0.39, 0.29) is 26.9 Å². The number of aromatic nitrogens is 2. The van der Waals surface area contributed by atoms with Crippen LogP contribution >= 0.6 is 23.1 Å². The van der Waals surface area contributed by atoms with E-state index in [0.717, 1.165) is 36.1 Å². The Bertz CT molecular complexity index is 1170. The topological polar surface area (TPSA) is 81.2 Å². The molecule has 2 aromatic carbocycles. The first kappa shape index (κ1) is 23.1. The lowest BCUT2D eigenvalue weighted by Gasteiger charge is -2.15. The third-order valence-corrected chi connectivity index (χ3v) is 5.93. The third-order valence-electron chi connectivity index (χ3n) is 3.59. The first-order valence-corrected chi connectivity index (χ1v) is 10.5. The highest BCUT2D eigenvalue weighted by molar-refractivity contribution is 7.93. The number of hydrogen-bond acceptors (Lipinski definition) is 6. The molecule has 0 unspecified atom stereocenters. The molecule has 0 saturated heterocycles. The van der Waals surface area contributed by atoms with Crippen molar-refractivity contribution in [1.29, 1.82) is 0 Å². The zero-order valence-electron chi connectivity index (χ0n) is 14.6. The number of nitrogens with zero attached hydrogens (tertiary/aromatic N) is 2. The number of benzene rings is 2. The molecule has 1 aromatic heterocycles. The molecule has 0 spiro atoms. The standard InChI is InChI=1S/C16H8ClF6N3O3S2/c17-12-6-11(31(27,28)26-14-24-7-25-30-14)1-2-13(12)29-10-4-8(15(18,19)20)3-9(5-10)16(21,22)23/h1-7H,(H,24,25,26). The van der Waals surface area contributed by atoms with Gasteiger partial charge in [-0.3, -0.25) is 4.72 Å². The lowest BCUT2D eigenvalue weighted by Crippen LogP contribution is -2.12. The normalized spacial score (nSPS) is 12.6. The SMILES string of the molecule is O=S(=O)(Nc1ncns1)c1ccc(Oc2cc(C(F)(F)F)cc(C(F)(F)F)c2)c(Cl)c1. The van der Waals surface area contributed by atoms with Crippen molar-refractivity contribution in [1.82, 2.24) is 9.36 Å². The highest BCUT2D eigenvalue weighted by atomic mass is 35.5. The third kappa shape index (κ3) is 5.57. The van der Waals surface area contributed by atoms with Crippen molar-refractivity contribution in [3.8, 4) is 11.5 Å². The maximum absolute atomic E-state index is 13.0. The largest absolute Gasteiger partial charge is 0.456 e. The Morgan fingerprint density at radius 3 is 2.06 bits per heavy atom. The van der Waals surface area contributed by atoms with Crippen LogP contribution in [0.3, 0.4) is 0 Å². The lowest BCUT2D eigenvalue weighted by molar-refractivity contribution is -0.143. The minimum atomic E-state index is -5.06. The monoisotopic (exact) mass is 503 g/mol. The predicted octanol–water partition coefficient (Wildman–Crippen LogP) is 5.82. The Labute approximate surface area is 179 Å². The summed E-state index contributed by atoms with van der Waals surface area (Å²) in [5.74, 6) is -1.14. The van der Waals surface area contributed by atoms with Gasteiger partial charge in [0, 0.05) is 11.5 Å². The summed E-state index contributed by atoms with van der Waals surface area (Å²) in [4.78, 5) is 3.31. The van der Waals surface area contributed by atoms with Crippen molar-refractivity contribution in [2.75, 3.05) is 4.72 Å². The van der Waals surface area contributed by atoms with E-state index in [4.69, 9.17) is 16.3 Å². The molecule has 0 aliphatic rings. The fourth-order valence-electron chi connectivity index (χ4n) is 2.24. The highest BCUT2D eigenvalue weighted by Crippen LogP contribution is 2.40. The van der Waals surface area contributed by atoms with Crippen molar-refractivity contribution in [3.63, 3.8) is 0 Å². The summed E-state index contributed by atoms with van der Waals surface area (Å²) >= 11 is 6.71. The maximum atomic E-state index is 13.0. The van der Waals surface area contributed by atoms with Crippen molar-refractivity contribution < 1.29 is 39.5 Å². The van der Waals surface area contributed by atoms with Crippen molar-refractivity contribution in [3.05, 3.63) is 58.9 Å². The fraction of sp³-hybridized carbons (Fsp3) is 0.125. The summed E-state index contributed by atoms with van der Waals surface area (Å²) in [5.41, 5.74) is -3.15. The van der Waals surface area contributed by atoms with Crippen molar-refractivity contribution in [2.24, 2.45) is 0 Å². The average Bonchev–Trinajstić information content (AvgIpc) is 3.14. The number of ether oxygens (including phenoxy) is 1. The second-order valence-electron chi connectivity index (χ2n) is 5.79. The van der Waals surface area contributed by atoms with Crippen LogP contribution in [0.15, 0.2) is 47.6 Å². The highest BCUT2D eigenvalue weighted by Gasteiger charge is 2.37. The Morgan fingerprint density at radius 1 is 0.968 bits per heavy atom. The molecular weight excluding hydrogens is 496 g/mol. The first-order valence-electron chi connectivity index (χ1n) is 7.82. The molecular formula is C16H8ClF6N3O3S2. The second kappa shape index (κ2) is 8.16. The summed E-state index contributed by atoms with van der Waals surface area (Å²) in [6, 6.07) is 3.59. The number of rotatable bonds is 5. The predicted molar refractivity (Wildman–Crippen MR) is 98.7 cm³/mol. The van der Waals surface area contributed by atoms with E-state index < -0.39 is 39.3 Å². The first-order chi connectivity index (χ1) is 14.3. The molecule has 0 aliphatic heterocycles. The van der Waals surface area contributed by atoms with Gasteiger partial charge >= 0.3 is 12.4 Å². The smallest absolute Gasteiger partial charge is 0.416 e. The van der Waals surface area contributed by atoms with E-state index in [0.29, 0.717) is 12.1 Å². The number of hydrogen-bond donors (Lipinski definition) is 1. The van der Waals surface area contributed by atoms with Gasteiger partial charge in [0.05, 0.1) is 21.0 Å². The Balaban J connectivity index is 1.93. The minimum absolute atomic E-state index is 0.0277. The summed E-state index contributed by atoms with van der Waals surface area (Å²) in [5, 5.41) is -0.397. The van der Waals surface area contributed by atoms with Gasteiger partial charge in [0.2, 0.25) is 5.13 Å². The Morgan fingerprint density at radius 2 is 1.58 bits per heavy atom. The van der Waals surface area contributed by atoms with Gasteiger partial charge in [0.1, 0.15) is 17.8 Å². The van der Waals surface area contributed by atoms with Crippen molar-refractivity contribution in [2.45, 2.75) is 17.2 Å². The molecule has 0 bridgehead atoms.